The number of hydrogen-bond donors (Lipinski definition) is 0. The van der Waals surface area contributed by atoms with Crippen molar-refractivity contribution in [2.75, 3.05) is 11.9 Å². The minimum absolute atomic E-state index is 0.624. The van der Waals surface area contributed by atoms with Crippen LogP contribution >= 0.6 is 0 Å². The van der Waals surface area contributed by atoms with Crippen LogP contribution in [0.2, 0.25) is 0 Å². The Balaban J connectivity index is 2.22. The third-order valence-electron chi connectivity index (χ3n) is 2.43. The number of aromatic nitrogens is 1. The van der Waals surface area contributed by atoms with Gasteiger partial charge in [0.1, 0.15) is 11.6 Å². The molecule has 4 nitrogen and oxygen atoms in total. The molecule has 0 aromatic carbocycles. The quantitative estimate of drug-likeness (QED) is 0.808. The Bertz CT molecular complexity index is 540. The minimum Gasteiger partial charge on any atom is -0.467 e. The van der Waals surface area contributed by atoms with Crippen LogP contribution in [0.25, 0.3) is 0 Å². The molecule has 17 heavy (non-hydrogen) atoms. The molecule has 0 saturated heterocycles. The molecule has 4 heteroatoms. The van der Waals surface area contributed by atoms with E-state index in [4.69, 9.17) is 9.68 Å². The summed E-state index contributed by atoms with van der Waals surface area (Å²) < 4.78 is 5.28. The molecule has 2 rings (SSSR count). The van der Waals surface area contributed by atoms with Gasteiger partial charge in [-0.25, -0.2) is 4.98 Å². The summed E-state index contributed by atoms with van der Waals surface area (Å²) in [6.45, 7) is 2.51. The van der Waals surface area contributed by atoms with Gasteiger partial charge in [-0.15, -0.1) is 0 Å². The number of aryl methyl sites for hydroxylation is 1. The molecule has 0 bridgehead atoms. The van der Waals surface area contributed by atoms with Gasteiger partial charge in [-0.05, 0) is 31.2 Å². The molecule has 0 aliphatic heterocycles. The van der Waals surface area contributed by atoms with Crippen LogP contribution in [-0.2, 0) is 6.54 Å². The third-order valence-corrected chi connectivity index (χ3v) is 2.43. The highest BCUT2D eigenvalue weighted by Crippen LogP contribution is 2.15. The van der Waals surface area contributed by atoms with Crippen LogP contribution in [0.3, 0.4) is 0 Å². The molecule has 0 unspecified atom stereocenters. The van der Waals surface area contributed by atoms with E-state index in [1.165, 1.54) is 0 Å². The highest BCUT2D eigenvalue weighted by molar-refractivity contribution is 5.46. The average Bonchev–Trinajstić information content (AvgIpc) is 2.81. The van der Waals surface area contributed by atoms with Crippen LogP contribution in [0.4, 0.5) is 5.82 Å². The van der Waals surface area contributed by atoms with Crippen molar-refractivity contribution in [3.63, 3.8) is 0 Å². The van der Waals surface area contributed by atoms with Gasteiger partial charge in [0.15, 0.2) is 0 Å². The molecule has 0 saturated carbocycles. The number of pyridine rings is 1. The summed E-state index contributed by atoms with van der Waals surface area (Å²) in [6.07, 6.45) is 1.65. The lowest BCUT2D eigenvalue weighted by atomic mass is 10.2. The van der Waals surface area contributed by atoms with Gasteiger partial charge in [0, 0.05) is 12.7 Å². The summed E-state index contributed by atoms with van der Waals surface area (Å²) in [4.78, 5) is 6.35. The van der Waals surface area contributed by atoms with E-state index in [1.54, 1.807) is 18.4 Å². The van der Waals surface area contributed by atoms with Gasteiger partial charge in [0.25, 0.3) is 0 Å². The van der Waals surface area contributed by atoms with E-state index in [0.717, 1.165) is 17.3 Å². The molecule has 2 aromatic rings. The molecule has 2 heterocycles. The van der Waals surface area contributed by atoms with Gasteiger partial charge in [-0.3, -0.25) is 0 Å². The minimum atomic E-state index is 0.624. The highest BCUT2D eigenvalue weighted by Gasteiger charge is 2.07. The summed E-state index contributed by atoms with van der Waals surface area (Å²) in [5, 5.41) is 8.91. The van der Waals surface area contributed by atoms with Crippen molar-refractivity contribution in [3.05, 3.63) is 47.5 Å². The number of nitrogens with zero attached hydrogens (tertiary/aromatic N) is 3. The van der Waals surface area contributed by atoms with E-state index < -0.39 is 0 Å². The monoisotopic (exact) mass is 227 g/mol. The van der Waals surface area contributed by atoms with E-state index >= 15 is 0 Å². The molecule has 2 aromatic heterocycles. The van der Waals surface area contributed by atoms with E-state index in [2.05, 4.69) is 11.1 Å². The van der Waals surface area contributed by atoms with Crippen molar-refractivity contribution in [2.45, 2.75) is 13.5 Å². The third kappa shape index (κ3) is 2.64. The van der Waals surface area contributed by atoms with Gasteiger partial charge in [-0.1, -0.05) is 0 Å². The molecule has 0 fully saturated rings. The zero-order chi connectivity index (χ0) is 12.3. The number of anilines is 1. The maximum Gasteiger partial charge on any atom is 0.130 e. The van der Waals surface area contributed by atoms with Crippen molar-refractivity contribution in [2.24, 2.45) is 0 Å². The van der Waals surface area contributed by atoms with E-state index in [9.17, 15) is 0 Å². The smallest absolute Gasteiger partial charge is 0.130 e. The van der Waals surface area contributed by atoms with Crippen LogP contribution in [0, 0.1) is 18.3 Å². The first-order valence-corrected chi connectivity index (χ1v) is 5.31. The van der Waals surface area contributed by atoms with Crippen molar-refractivity contribution in [3.8, 4) is 6.07 Å². The fraction of sp³-hybridized carbons (Fsp3) is 0.231. The SMILES string of the molecule is Cc1cc(C#N)cc(N(C)Cc2ccco2)n1. The summed E-state index contributed by atoms with van der Waals surface area (Å²) in [5.74, 6) is 1.65. The largest absolute Gasteiger partial charge is 0.467 e. The lowest BCUT2D eigenvalue weighted by Gasteiger charge is -2.17. The lowest BCUT2D eigenvalue weighted by Crippen LogP contribution is -2.17. The number of furan rings is 1. The number of nitriles is 1. The van der Waals surface area contributed by atoms with E-state index in [1.807, 2.05) is 31.0 Å². The predicted octanol–water partition coefficient (Wildman–Crippen LogP) is 2.49. The van der Waals surface area contributed by atoms with Crippen molar-refractivity contribution < 1.29 is 4.42 Å². The zero-order valence-electron chi connectivity index (χ0n) is 9.84. The molecule has 0 radical (unpaired) electrons. The maximum atomic E-state index is 8.91. The molecule has 86 valence electrons. The van der Waals surface area contributed by atoms with Crippen molar-refractivity contribution >= 4 is 5.82 Å². The summed E-state index contributed by atoms with van der Waals surface area (Å²) in [7, 11) is 1.92. The van der Waals surface area contributed by atoms with Crippen molar-refractivity contribution in [1.82, 2.24) is 4.98 Å². The predicted molar refractivity (Wildman–Crippen MR) is 64.5 cm³/mol. The van der Waals surface area contributed by atoms with Crippen LogP contribution in [0.15, 0.2) is 34.9 Å². The normalized spacial score (nSPS) is 9.94. The molecule has 0 atom stereocenters. The van der Waals surface area contributed by atoms with E-state index in [-0.39, 0.29) is 0 Å². The number of hydrogen-bond acceptors (Lipinski definition) is 4. The van der Waals surface area contributed by atoms with Gasteiger partial charge < -0.3 is 9.32 Å². The van der Waals surface area contributed by atoms with Crippen LogP contribution in [0.5, 0.6) is 0 Å². The standard InChI is InChI=1S/C13H13N3O/c1-10-6-11(8-14)7-13(15-10)16(2)9-12-4-3-5-17-12/h3-7H,9H2,1-2H3. The maximum absolute atomic E-state index is 8.91. The Kier molecular flexibility index (Phi) is 3.10. The molecule has 0 N–H and O–H groups in total. The second kappa shape index (κ2) is 4.71. The van der Waals surface area contributed by atoms with Crippen LogP contribution < -0.4 is 4.90 Å². The summed E-state index contributed by atoms with van der Waals surface area (Å²) in [6, 6.07) is 9.44. The molecule has 0 spiro atoms. The summed E-state index contributed by atoms with van der Waals surface area (Å²) >= 11 is 0. The van der Waals surface area contributed by atoms with Crippen LogP contribution in [-0.4, -0.2) is 12.0 Å². The first-order chi connectivity index (χ1) is 8.19. The van der Waals surface area contributed by atoms with E-state index in [0.29, 0.717) is 12.1 Å². The van der Waals surface area contributed by atoms with Gasteiger partial charge in [0.05, 0.1) is 24.4 Å². The van der Waals surface area contributed by atoms with Gasteiger partial charge in [-0.2, -0.15) is 5.26 Å². The van der Waals surface area contributed by atoms with Crippen LogP contribution in [0.1, 0.15) is 17.0 Å². The lowest BCUT2D eigenvalue weighted by molar-refractivity contribution is 0.507. The Morgan fingerprint density at radius 1 is 1.47 bits per heavy atom. The fourth-order valence-electron chi connectivity index (χ4n) is 1.63. The van der Waals surface area contributed by atoms with Gasteiger partial charge in [0.2, 0.25) is 0 Å². The van der Waals surface area contributed by atoms with Gasteiger partial charge >= 0.3 is 0 Å². The Hall–Kier alpha value is -2.28. The highest BCUT2D eigenvalue weighted by atomic mass is 16.3. The first-order valence-electron chi connectivity index (χ1n) is 5.31. The summed E-state index contributed by atoms with van der Waals surface area (Å²) in [5.41, 5.74) is 1.46. The molecule has 0 amide bonds. The fourth-order valence-corrected chi connectivity index (χ4v) is 1.63. The topological polar surface area (TPSA) is 53.1 Å². The Morgan fingerprint density at radius 3 is 2.94 bits per heavy atom. The molecular formula is C13H13N3O. The molecular weight excluding hydrogens is 214 g/mol. The Labute approximate surface area is 100 Å². The number of rotatable bonds is 3. The second-order valence-electron chi connectivity index (χ2n) is 3.90. The molecule has 0 aliphatic carbocycles. The average molecular weight is 227 g/mol. The molecule has 0 aliphatic rings. The zero-order valence-corrected chi connectivity index (χ0v) is 9.84. The first kappa shape index (κ1) is 11.2. The second-order valence-corrected chi connectivity index (χ2v) is 3.90. The van der Waals surface area contributed by atoms with Crippen molar-refractivity contribution in [1.29, 1.82) is 5.26 Å². The Morgan fingerprint density at radius 2 is 2.29 bits per heavy atom.